The quantitative estimate of drug-likeness (QED) is 0.886. The molecule has 1 saturated heterocycles. The zero-order valence-electron chi connectivity index (χ0n) is 8.83. The standard InChI is InChI=1S/C12H14Cl2O2/c13-10-1-2-11(14)8(6-10)5-9-7-16-4-3-12(9)15/h1-2,6,9,12,15H,3-5,7H2/t9-,12+/m1/s1. The predicted molar refractivity (Wildman–Crippen MR) is 65.1 cm³/mol. The van der Waals surface area contributed by atoms with Crippen molar-refractivity contribution in [1.29, 1.82) is 0 Å². The van der Waals surface area contributed by atoms with Gasteiger partial charge in [0.15, 0.2) is 0 Å². The molecule has 0 unspecified atom stereocenters. The first-order chi connectivity index (χ1) is 7.66. The van der Waals surface area contributed by atoms with Gasteiger partial charge < -0.3 is 9.84 Å². The lowest BCUT2D eigenvalue weighted by molar-refractivity contribution is -0.0350. The van der Waals surface area contributed by atoms with Crippen LogP contribution in [-0.4, -0.2) is 24.4 Å². The van der Waals surface area contributed by atoms with Crippen LogP contribution < -0.4 is 0 Å². The Morgan fingerprint density at radius 1 is 1.38 bits per heavy atom. The Bertz CT molecular complexity index is 368. The van der Waals surface area contributed by atoms with Crippen LogP contribution in [0, 0.1) is 5.92 Å². The largest absolute Gasteiger partial charge is 0.393 e. The molecule has 0 bridgehead atoms. The summed E-state index contributed by atoms with van der Waals surface area (Å²) in [6, 6.07) is 5.40. The van der Waals surface area contributed by atoms with Crippen molar-refractivity contribution in [3.8, 4) is 0 Å². The van der Waals surface area contributed by atoms with E-state index in [1.807, 2.05) is 6.07 Å². The lowest BCUT2D eigenvalue weighted by atomic mass is 9.91. The SMILES string of the molecule is O[C@H]1CCOC[C@H]1Cc1cc(Cl)ccc1Cl. The molecule has 1 aliphatic heterocycles. The number of ether oxygens (including phenoxy) is 1. The summed E-state index contributed by atoms with van der Waals surface area (Å²) in [7, 11) is 0. The molecule has 1 aromatic carbocycles. The first kappa shape index (κ1) is 12.2. The van der Waals surface area contributed by atoms with Crippen molar-refractivity contribution in [2.75, 3.05) is 13.2 Å². The fraction of sp³-hybridized carbons (Fsp3) is 0.500. The molecule has 0 saturated carbocycles. The van der Waals surface area contributed by atoms with E-state index in [4.69, 9.17) is 27.9 Å². The molecule has 1 heterocycles. The number of benzene rings is 1. The zero-order valence-corrected chi connectivity index (χ0v) is 10.3. The van der Waals surface area contributed by atoms with Gasteiger partial charge in [-0.05, 0) is 36.6 Å². The molecule has 2 nitrogen and oxygen atoms in total. The Labute approximate surface area is 105 Å². The van der Waals surface area contributed by atoms with E-state index in [1.165, 1.54) is 0 Å². The third-order valence-electron chi connectivity index (χ3n) is 2.92. The Balaban J connectivity index is 2.10. The van der Waals surface area contributed by atoms with Crippen molar-refractivity contribution in [2.45, 2.75) is 18.9 Å². The maximum Gasteiger partial charge on any atom is 0.0615 e. The van der Waals surface area contributed by atoms with Gasteiger partial charge in [-0.3, -0.25) is 0 Å². The van der Waals surface area contributed by atoms with Gasteiger partial charge in [0, 0.05) is 22.6 Å². The van der Waals surface area contributed by atoms with Crippen LogP contribution in [0.5, 0.6) is 0 Å². The third-order valence-corrected chi connectivity index (χ3v) is 3.53. The fourth-order valence-corrected chi connectivity index (χ4v) is 2.35. The number of aliphatic hydroxyl groups is 1. The summed E-state index contributed by atoms with van der Waals surface area (Å²) >= 11 is 12.0. The summed E-state index contributed by atoms with van der Waals surface area (Å²) in [4.78, 5) is 0. The summed E-state index contributed by atoms with van der Waals surface area (Å²) in [5.74, 6) is 0.115. The van der Waals surface area contributed by atoms with E-state index in [1.54, 1.807) is 12.1 Å². The van der Waals surface area contributed by atoms with Gasteiger partial charge in [0.05, 0.1) is 12.7 Å². The molecular formula is C12H14Cl2O2. The normalized spacial score (nSPS) is 25.7. The van der Waals surface area contributed by atoms with E-state index in [2.05, 4.69) is 0 Å². The van der Waals surface area contributed by atoms with Gasteiger partial charge >= 0.3 is 0 Å². The molecular weight excluding hydrogens is 247 g/mol. The second kappa shape index (κ2) is 5.37. The van der Waals surface area contributed by atoms with E-state index >= 15 is 0 Å². The van der Waals surface area contributed by atoms with Crippen LogP contribution in [0.25, 0.3) is 0 Å². The predicted octanol–water partition coefficient (Wildman–Crippen LogP) is 2.93. The van der Waals surface area contributed by atoms with Crippen LogP contribution in [0.15, 0.2) is 18.2 Å². The summed E-state index contributed by atoms with van der Waals surface area (Å²) in [5, 5.41) is 11.2. The minimum Gasteiger partial charge on any atom is -0.393 e. The van der Waals surface area contributed by atoms with Crippen molar-refractivity contribution in [2.24, 2.45) is 5.92 Å². The van der Waals surface area contributed by atoms with Gasteiger partial charge in [-0.2, -0.15) is 0 Å². The highest BCUT2D eigenvalue weighted by molar-refractivity contribution is 6.33. The van der Waals surface area contributed by atoms with Gasteiger partial charge in [0.25, 0.3) is 0 Å². The van der Waals surface area contributed by atoms with Gasteiger partial charge in [-0.1, -0.05) is 23.2 Å². The lowest BCUT2D eigenvalue weighted by Crippen LogP contribution is -2.33. The third kappa shape index (κ3) is 2.89. The molecule has 0 aromatic heterocycles. The second-order valence-corrected chi connectivity index (χ2v) is 4.97. The molecule has 2 atom stereocenters. The highest BCUT2D eigenvalue weighted by Gasteiger charge is 2.24. The van der Waals surface area contributed by atoms with Crippen LogP contribution in [0.1, 0.15) is 12.0 Å². The summed E-state index contributed by atoms with van der Waals surface area (Å²) < 4.78 is 5.36. The average Bonchev–Trinajstić information content (AvgIpc) is 2.27. The monoisotopic (exact) mass is 260 g/mol. The number of hydrogen-bond acceptors (Lipinski definition) is 2. The smallest absolute Gasteiger partial charge is 0.0615 e. The van der Waals surface area contributed by atoms with E-state index in [0.29, 0.717) is 36.1 Å². The highest BCUT2D eigenvalue weighted by Crippen LogP contribution is 2.26. The Hall–Kier alpha value is -0.280. The molecule has 88 valence electrons. The molecule has 0 radical (unpaired) electrons. The van der Waals surface area contributed by atoms with E-state index in [9.17, 15) is 5.11 Å². The Morgan fingerprint density at radius 2 is 2.19 bits per heavy atom. The van der Waals surface area contributed by atoms with Crippen molar-refractivity contribution in [3.05, 3.63) is 33.8 Å². The van der Waals surface area contributed by atoms with Crippen molar-refractivity contribution >= 4 is 23.2 Å². The van der Waals surface area contributed by atoms with Crippen LogP contribution in [0.3, 0.4) is 0 Å². The van der Waals surface area contributed by atoms with Gasteiger partial charge in [-0.25, -0.2) is 0 Å². The first-order valence-electron chi connectivity index (χ1n) is 5.36. The Morgan fingerprint density at radius 3 is 2.94 bits per heavy atom. The van der Waals surface area contributed by atoms with E-state index < -0.39 is 0 Å². The second-order valence-electron chi connectivity index (χ2n) is 4.13. The number of halogens is 2. The topological polar surface area (TPSA) is 29.5 Å². The first-order valence-corrected chi connectivity index (χ1v) is 6.12. The summed E-state index contributed by atoms with van der Waals surface area (Å²) in [6.07, 6.45) is 1.10. The van der Waals surface area contributed by atoms with Crippen molar-refractivity contribution in [1.82, 2.24) is 0 Å². The molecule has 0 aliphatic carbocycles. The molecule has 2 rings (SSSR count). The van der Waals surface area contributed by atoms with E-state index in [0.717, 1.165) is 5.56 Å². The van der Waals surface area contributed by atoms with Gasteiger partial charge in [-0.15, -0.1) is 0 Å². The van der Waals surface area contributed by atoms with Crippen LogP contribution in [0.4, 0.5) is 0 Å². The molecule has 4 heteroatoms. The fourth-order valence-electron chi connectivity index (χ4n) is 1.96. The molecule has 16 heavy (non-hydrogen) atoms. The van der Waals surface area contributed by atoms with Crippen molar-refractivity contribution < 1.29 is 9.84 Å². The summed E-state index contributed by atoms with van der Waals surface area (Å²) in [5.41, 5.74) is 0.976. The average molecular weight is 261 g/mol. The minimum absolute atomic E-state index is 0.115. The van der Waals surface area contributed by atoms with Crippen molar-refractivity contribution in [3.63, 3.8) is 0 Å². The molecule has 1 N–H and O–H groups in total. The molecule has 0 amide bonds. The summed E-state index contributed by atoms with van der Waals surface area (Å²) in [6.45, 7) is 1.23. The van der Waals surface area contributed by atoms with Crippen LogP contribution in [-0.2, 0) is 11.2 Å². The minimum atomic E-state index is -0.302. The van der Waals surface area contributed by atoms with Crippen LogP contribution >= 0.6 is 23.2 Å². The van der Waals surface area contributed by atoms with E-state index in [-0.39, 0.29) is 12.0 Å². The molecule has 1 aliphatic rings. The van der Waals surface area contributed by atoms with Crippen LogP contribution in [0.2, 0.25) is 10.0 Å². The maximum atomic E-state index is 9.83. The number of aliphatic hydroxyl groups excluding tert-OH is 1. The van der Waals surface area contributed by atoms with Gasteiger partial charge in [0.2, 0.25) is 0 Å². The molecule has 1 fully saturated rings. The van der Waals surface area contributed by atoms with Gasteiger partial charge in [0.1, 0.15) is 0 Å². The molecule has 1 aromatic rings. The maximum absolute atomic E-state index is 9.83. The highest BCUT2D eigenvalue weighted by atomic mass is 35.5. The number of rotatable bonds is 2. The lowest BCUT2D eigenvalue weighted by Gasteiger charge is -2.28. The molecule has 0 spiro atoms. The zero-order chi connectivity index (χ0) is 11.5. The Kier molecular flexibility index (Phi) is 4.09. The number of hydrogen-bond donors (Lipinski definition) is 1.